The number of nitrogens with zero attached hydrogens (tertiary/aromatic N) is 1. The molecule has 0 spiro atoms. The molecule has 0 aromatic carbocycles. The number of H-pyrrole nitrogens is 1. The molecule has 1 fully saturated rings. The summed E-state index contributed by atoms with van der Waals surface area (Å²) in [5.74, 6) is -0.0670. The summed E-state index contributed by atoms with van der Waals surface area (Å²) in [6, 6.07) is 1.58. The number of anilines is 1. The van der Waals surface area contributed by atoms with Gasteiger partial charge in [-0.05, 0) is 18.9 Å². The Labute approximate surface area is 101 Å². The molecule has 5 heteroatoms. The molecule has 0 bridgehead atoms. The van der Waals surface area contributed by atoms with Gasteiger partial charge in [-0.2, -0.15) is 0 Å². The minimum absolute atomic E-state index is 0.0297. The number of nitrogen functional groups attached to an aromatic ring is 1. The molecule has 2 rings (SSSR count). The summed E-state index contributed by atoms with van der Waals surface area (Å²) in [5.41, 5.74) is 6.65. The van der Waals surface area contributed by atoms with Gasteiger partial charge < -0.3 is 20.7 Å². The molecule has 5 nitrogen and oxygen atoms in total. The fourth-order valence-corrected chi connectivity index (χ4v) is 2.32. The molecular formula is C12H19N3O2. The first-order valence-corrected chi connectivity index (χ1v) is 6.08. The van der Waals surface area contributed by atoms with Crippen molar-refractivity contribution in [2.45, 2.75) is 31.7 Å². The van der Waals surface area contributed by atoms with Gasteiger partial charge in [-0.3, -0.25) is 4.79 Å². The number of aromatic amines is 1. The fraction of sp³-hybridized carbons (Fsp3) is 0.583. The highest BCUT2D eigenvalue weighted by Crippen LogP contribution is 2.19. The van der Waals surface area contributed by atoms with Gasteiger partial charge in [0.15, 0.2) is 0 Å². The molecule has 1 unspecified atom stereocenters. The van der Waals surface area contributed by atoms with Gasteiger partial charge in [0.1, 0.15) is 5.69 Å². The van der Waals surface area contributed by atoms with Crippen LogP contribution < -0.4 is 5.73 Å². The standard InChI is InChI=1S/C12H19N3O2/c13-9-6-11(14-7-9)12(17)15-5-3-1-2-4-10(15)8-16/h6-7,10,14,16H,1-5,8,13H2. The Kier molecular flexibility index (Phi) is 3.68. The average molecular weight is 237 g/mol. The third kappa shape index (κ3) is 2.61. The Morgan fingerprint density at radius 3 is 3.00 bits per heavy atom. The second kappa shape index (κ2) is 5.23. The van der Waals surface area contributed by atoms with Crippen LogP contribution in [0.2, 0.25) is 0 Å². The SMILES string of the molecule is Nc1c[nH]c(C(=O)N2CCCCCC2CO)c1. The van der Waals surface area contributed by atoms with Crippen molar-refractivity contribution < 1.29 is 9.90 Å². The van der Waals surface area contributed by atoms with Crippen molar-refractivity contribution in [1.29, 1.82) is 0 Å². The zero-order valence-corrected chi connectivity index (χ0v) is 9.85. The van der Waals surface area contributed by atoms with Gasteiger partial charge in [-0.15, -0.1) is 0 Å². The number of carbonyl (C=O) groups excluding carboxylic acids is 1. The van der Waals surface area contributed by atoms with Crippen molar-refractivity contribution in [3.63, 3.8) is 0 Å². The number of aromatic nitrogens is 1. The lowest BCUT2D eigenvalue weighted by molar-refractivity contribution is 0.0594. The van der Waals surface area contributed by atoms with E-state index >= 15 is 0 Å². The van der Waals surface area contributed by atoms with E-state index in [-0.39, 0.29) is 18.6 Å². The lowest BCUT2D eigenvalue weighted by atomic mass is 10.1. The van der Waals surface area contributed by atoms with Crippen LogP contribution in [0.3, 0.4) is 0 Å². The average Bonchev–Trinajstić information content (AvgIpc) is 2.64. The Bertz CT molecular complexity index is 389. The third-order valence-electron chi connectivity index (χ3n) is 3.28. The second-order valence-electron chi connectivity index (χ2n) is 4.53. The number of aliphatic hydroxyl groups is 1. The summed E-state index contributed by atoms with van der Waals surface area (Å²) >= 11 is 0. The highest BCUT2D eigenvalue weighted by Gasteiger charge is 2.26. The smallest absolute Gasteiger partial charge is 0.270 e. The van der Waals surface area contributed by atoms with Gasteiger partial charge in [-0.1, -0.05) is 12.8 Å². The van der Waals surface area contributed by atoms with E-state index in [0.29, 0.717) is 17.9 Å². The van der Waals surface area contributed by atoms with E-state index in [1.165, 1.54) is 0 Å². The maximum Gasteiger partial charge on any atom is 0.270 e. The largest absolute Gasteiger partial charge is 0.397 e. The number of aliphatic hydroxyl groups excluding tert-OH is 1. The number of amides is 1. The van der Waals surface area contributed by atoms with Crippen LogP contribution in [0.4, 0.5) is 5.69 Å². The van der Waals surface area contributed by atoms with Crippen LogP contribution in [0.5, 0.6) is 0 Å². The minimum Gasteiger partial charge on any atom is -0.397 e. The molecular weight excluding hydrogens is 218 g/mol. The van der Waals surface area contributed by atoms with Crippen LogP contribution in [-0.2, 0) is 0 Å². The van der Waals surface area contributed by atoms with Gasteiger partial charge in [0, 0.05) is 18.4 Å². The molecule has 1 aliphatic rings. The molecule has 1 atom stereocenters. The highest BCUT2D eigenvalue weighted by atomic mass is 16.3. The van der Waals surface area contributed by atoms with Gasteiger partial charge in [0.2, 0.25) is 0 Å². The van der Waals surface area contributed by atoms with Crippen molar-refractivity contribution in [1.82, 2.24) is 9.88 Å². The van der Waals surface area contributed by atoms with Crippen molar-refractivity contribution in [2.24, 2.45) is 0 Å². The molecule has 4 N–H and O–H groups in total. The highest BCUT2D eigenvalue weighted by molar-refractivity contribution is 5.93. The lowest BCUT2D eigenvalue weighted by Gasteiger charge is -2.28. The third-order valence-corrected chi connectivity index (χ3v) is 3.28. The van der Waals surface area contributed by atoms with Gasteiger partial charge >= 0.3 is 0 Å². The van der Waals surface area contributed by atoms with Gasteiger partial charge in [0.25, 0.3) is 5.91 Å². The van der Waals surface area contributed by atoms with E-state index in [1.807, 2.05) is 0 Å². The molecule has 1 amide bonds. The maximum atomic E-state index is 12.3. The number of rotatable bonds is 2. The number of nitrogens with one attached hydrogen (secondary N) is 1. The summed E-state index contributed by atoms with van der Waals surface area (Å²) < 4.78 is 0. The summed E-state index contributed by atoms with van der Waals surface area (Å²) in [7, 11) is 0. The predicted octanol–water partition coefficient (Wildman–Crippen LogP) is 0.974. The molecule has 0 radical (unpaired) electrons. The lowest BCUT2D eigenvalue weighted by Crippen LogP contribution is -2.42. The molecule has 1 aromatic heterocycles. The Hall–Kier alpha value is -1.49. The number of carbonyl (C=O) groups is 1. The molecule has 0 aliphatic carbocycles. The van der Waals surface area contributed by atoms with Crippen molar-refractivity contribution in [3.05, 3.63) is 18.0 Å². The summed E-state index contributed by atoms with van der Waals surface area (Å²) in [4.78, 5) is 16.9. The molecule has 17 heavy (non-hydrogen) atoms. The van der Waals surface area contributed by atoms with Gasteiger partial charge in [-0.25, -0.2) is 0 Å². The van der Waals surface area contributed by atoms with Crippen LogP contribution >= 0.6 is 0 Å². The number of hydrogen-bond donors (Lipinski definition) is 3. The number of hydrogen-bond acceptors (Lipinski definition) is 3. The first-order chi connectivity index (χ1) is 8.22. The zero-order valence-electron chi connectivity index (χ0n) is 9.85. The quantitative estimate of drug-likeness (QED) is 0.717. The molecule has 2 heterocycles. The summed E-state index contributed by atoms with van der Waals surface area (Å²) in [6.45, 7) is 0.741. The molecule has 94 valence electrons. The van der Waals surface area contributed by atoms with E-state index < -0.39 is 0 Å². The van der Waals surface area contributed by atoms with E-state index in [1.54, 1.807) is 17.2 Å². The van der Waals surface area contributed by atoms with E-state index in [2.05, 4.69) is 4.98 Å². The van der Waals surface area contributed by atoms with Crippen LogP contribution in [-0.4, -0.2) is 40.1 Å². The Balaban J connectivity index is 2.15. The fourth-order valence-electron chi connectivity index (χ4n) is 2.32. The monoisotopic (exact) mass is 237 g/mol. The molecule has 0 saturated carbocycles. The van der Waals surface area contributed by atoms with E-state index in [4.69, 9.17) is 5.73 Å². The van der Waals surface area contributed by atoms with Crippen LogP contribution in [0.25, 0.3) is 0 Å². The number of nitrogens with two attached hydrogens (primary N) is 1. The van der Waals surface area contributed by atoms with E-state index in [9.17, 15) is 9.90 Å². The first kappa shape index (κ1) is 12.0. The summed E-state index contributed by atoms with van der Waals surface area (Å²) in [5, 5.41) is 9.36. The maximum absolute atomic E-state index is 12.3. The predicted molar refractivity (Wildman–Crippen MR) is 65.6 cm³/mol. The Morgan fingerprint density at radius 1 is 1.53 bits per heavy atom. The first-order valence-electron chi connectivity index (χ1n) is 6.08. The van der Waals surface area contributed by atoms with Crippen molar-refractivity contribution in [2.75, 3.05) is 18.9 Å². The Morgan fingerprint density at radius 2 is 2.35 bits per heavy atom. The van der Waals surface area contributed by atoms with E-state index in [0.717, 1.165) is 25.7 Å². The van der Waals surface area contributed by atoms with Crippen molar-refractivity contribution >= 4 is 11.6 Å². The molecule has 1 aliphatic heterocycles. The van der Waals surface area contributed by atoms with Crippen LogP contribution in [0, 0.1) is 0 Å². The van der Waals surface area contributed by atoms with Crippen molar-refractivity contribution in [3.8, 4) is 0 Å². The molecule has 1 saturated heterocycles. The molecule has 1 aromatic rings. The summed E-state index contributed by atoms with van der Waals surface area (Å²) in [6.07, 6.45) is 5.67. The van der Waals surface area contributed by atoms with Gasteiger partial charge in [0.05, 0.1) is 12.6 Å². The van der Waals surface area contributed by atoms with Crippen LogP contribution in [0.15, 0.2) is 12.3 Å². The second-order valence-corrected chi connectivity index (χ2v) is 4.53. The number of likely N-dealkylation sites (tertiary alicyclic amines) is 1. The normalized spacial score (nSPS) is 21.2. The van der Waals surface area contributed by atoms with Crippen LogP contribution in [0.1, 0.15) is 36.2 Å². The minimum atomic E-state index is -0.0670. The zero-order chi connectivity index (χ0) is 12.3. The topological polar surface area (TPSA) is 82.4 Å².